The van der Waals surface area contributed by atoms with E-state index in [-0.39, 0.29) is 5.91 Å². The number of nitrogens with zero attached hydrogens (tertiary/aromatic N) is 3. The number of para-hydroxylation sites is 2. The molecule has 27 heavy (non-hydrogen) atoms. The van der Waals surface area contributed by atoms with E-state index in [9.17, 15) is 4.79 Å². The summed E-state index contributed by atoms with van der Waals surface area (Å²) in [7, 11) is 0. The van der Waals surface area contributed by atoms with Crippen LogP contribution in [0.3, 0.4) is 0 Å². The van der Waals surface area contributed by atoms with Gasteiger partial charge in [-0.15, -0.1) is 0 Å². The van der Waals surface area contributed by atoms with Crippen molar-refractivity contribution in [3.8, 4) is 11.4 Å². The van der Waals surface area contributed by atoms with Crippen molar-refractivity contribution in [1.29, 1.82) is 0 Å². The highest BCUT2D eigenvalue weighted by atomic mass is 79.9. The molecule has 0 atom stereocenters. The summed E-state index contributed by atoms with van der Waals surface area (Å²) in [6, 6.07) is 16.3. The summed E-state index contributed by atoms with van der Waals surface area (Å²) in [5.41, 5.74) is 3.12. The molecule has 0 spiro atoms. The Hall–Kier alpha value is -2.14. The molecule has 0 aliphatic carbocycles. The normalized spacial score (nSPS) is 15.1. The predicted octanol–water partition coefficient (Wildman–Crippen LogP) is 5.26. The van der Waals surface area contributed by atoms with Crippen LogP contribution >= 0.6 is 15.9 Å². The lowest BCUT2D eigenvalue weighted by Crippen LogP contribution is -2.32. The Morgan fingerprint density at radius 1 is 0.963 bits per heavy atom. The average Bonchev–Trinajstić information content (AvgIpc) is 2.86. The molecular weight excluding hydrogens is 402 g/mol. The fraction of sp³-hybridized carbons (Fsp3) is 0.364. The summed E-state index contributed by atoms with van der Waals surface area (Å²) in [6.07, 6.45) is 5.25. The third-order valence-electron chi connectivity index (χ3n) is 5.27. The van der Waals surface area contributed by atoms with Crippen molar-refractivity contribution in [3.63, 3.8) is 0 Å². The third-order valence-corrected chi connectivity index (χ3v) is 5.79. The van der Waals surface area contributed by atoms with E-state index < -0.39 is 0 Å². The number of hydrogen-bond donors (Lipinski definition) is 0. The maximum absolute atomic E-state index is 12.8. The second-order valence-electron chi connectivity index (χ2n) is 7.13. The van der Waals surface area contributed by atoms with Gasteiger partial charge < -0.3 is 9.47 Å². The molecule has 5 heteroatoms. The first kappa shape index (κ1) is 18.2. The predicted molar refractivity (Wildman–Crippen MR) is 113 cm³/mol. The van der Waals surface area contributed by atoms with E-state index in [0.717, 1.165) is 52.8 Å². The maximum Gasteiger partial charge on any atom is 0.224 e. The summed E-state index contributed by atoms with van der Waals surface area (Å²) < 4.78 is 3.24. The number of carbonyl (C=O) groups is 1. The highest BCUT2D eigenvalue weighted by Crippen LogP contribution is 2.26. The molecule has 1 saturated heterocycles. The molecule has 1 aromatic heterocycles. The minimum Gasteiger partial charge on any atom is -0.343 e. The number of benzene rings is 2. The molecule has 1 amide bonds. The summed E-state index contributed by atoms with van der Waals surface area (Å²) in [4.78, 5) is 19.6. The Labute approximate surface area is 168 Å². The number of hydrogen-bond acceptors (Lipinski definition) is 2. The Morgan fingerprint density at radius 3 is 2.41 bits per heavy atom. The monoisotopic (exact) mass is 425 g/mol. The summed E-state index contributed by atoms with van der Waals surface area (Å²) in [6.45, 7) is 2.47. The SMILES string of the molecule is O=C(CCn1c(-c2ccc(Br)cc2)nc2ccccc21)N1CCCCCC1. The molecular formula is C22H24BrN3O. The van der Waals surface area contributed by atoms with E-state index >= 15 is 0 Å². The Kier molecular flexibility index (Phi) is 5.58. The molecule has 0 unspecified atom stereocenters. The van der Waals surface area contributed by atoms with Crippen LogP contribution in [-0.4, -0.2) is 33.4 Å². The zero-order valence-corrected chi connectivity index (χ0v) is 17.0. The van der Waals surface area contributed by atoms with Crippen LogP contribution in [0.15, 0.2) is 53.0 Å². The molecule has 1 aliphatic heterocycles. The number of aryl methyl sites for hydroxylation is 1. The Balaban J connectivity index is 1.61. The summed E-state index contributed by atoms with van der Waals surface area (Å²) in [5.74, 6) is 1.18. The van der Waals surface area contributed by atoms with Crippen molar-refractivity contribution in [1.82, 2.24) is 14.5 Å². The third kappa shape index (κ3) is 4.08. The van der Waals surface area contributed by atoms with Gasteiger partial charge in [-0.25, -0.2) is 4.98 Å². The number of halogens is 1. The van der Waals surface area contributed by atoms with E-state index in [1.54, 1.807) is 0 Å². The topological polar surface area (TPSA) is 38.1 Å². The lowest BCUT2D eigenvalue weighted by molar-refractivity contribution is -0.131. The highest BCUT2D eigenvalue weighted by molar-refractivity contribution is 9.10. The van der Waals surface area contributed by atoms with Crippen LogP contribution in [-0.2, 0) is 11.3 Å². The zero-order chi connectivity index (χ0) is 18.6. The molecule has 2 heterocycles. The van der Waals surface area contributed by atoms with Crippen LogP contribution in [0.4, 0.5) is 0 Å². The van der Waals surface area contributed by atoms with Gasteiger partial charge in [-0.05, 0) is 37.1 Å². The van der Waals surface area contributed by atoms with Gasteiger partial charge in [0.15, 0.2) is 0 Å². The first-order chi connectivity index (χ1) is 13.2. The van der Waals surface area contributed by atoms with Crippen LogP contribution < -0.4 is 0 Å². The van der Waals surface area contributed by atoms with E-state index in [2.05, 4.69) is 38.7 Å². The number of amides is 1. The molecule has 0 saturated carbocycles. The van der Waals surface area contributed by atoms with Gasteiger partial charge in [-0.2, -0.15) is 0 Å². The molecule has 4 nitrogen and oxygen atoms in total. The van der Waals surface area contributed by atoms with Gasteiger partial charge in [0.2, 0.25) is 5.91 Å². The van der Waals surface area contributed by atoms with Gasteiger partial charge in [-0.3, -0.25) is 4.79 Å². The minimum absolute atomic E-state index is 0.261. The molecule has 1 fully saturated rings. The first-order valence-corrected chi connectivity index (χ1v) is 10.5. The number of imidazole rings is 1. The van der Waals surface area contributed by atoms with Gasteiger partial charge in [0.25, 0.3) is 0 Å². The molecule has 0 bridgehead atoms. The van der Waals surface area contributed by atoms with Crippen LogP contribution in [0.5, 0.6) is 0 Å². The first-order valence-electron chi connectivity index (χ1n) is 9.71. The second kappa shape index (κ2) is 8.26. The van der Waals surface area contributed by atoms with Crippen molar-refractivity contribution in [3.05, 3.63) is 53.0 Å². The van der Waals surface area contributed by atoms with Crippen molar-refractivity contribution in [2.24, 2.45) is 0 Å². The Bertz CT molecular complexity index is 924. The fourth-order valence-corrected chi connectivity index (χ4v) is 4.07. The fourth-order valence-electron chi connectivity index (χ4n) is 3.81. The van der Waals surface area contributed by atoms with E-state index in [1.165, 1.54) is 12.8 Å². The van der Waals surface area contributed by atoms with Crippen molar-refractivity contribution < 1.29 is 4.79 Å². The number of carbonyl (C=O) groups excluding carboxylic acids is 1. The van der Waals surface area contributed by atoms with Crippen LogP contribution in [0.25, 0.3) is 22.4 Å². The van der Waals surface area contributed by atoms with Gasteiger partial charge in [0, 0.05) is 36.1 Å². The largest absolute Gasteiger partial charge is 0.343 e. The second-order valence-corrected chi connectivity index (χ2v) is 8.04. The molecule has 2 aromatic carbocycles. The molecule has 140 valence electrons. The molecule has 3 aromatic rings. The van der Waals surface area contributed by atoms with Crippen molar-refractivity contribution >= 4 is 32.9 Å². The number of aromatic nitrogens is 2. The van der Waals surface area contributed by atoms with Gasteiger partial charge in [0.1, 0.15) is 5.82 Å². The summed E-state index contributed by atoms with van der Waals surface area (Å²) >= 11 is 3.49. The van der Waals surface area contributed by atoms with Crippen LogP contribution in [0.1, 0.15) is 32.1 Å². The van der Waals surface area contributed by atoms with E-state index in [0.29, 0.717) is 13.0 Å². The van der Waals surface area contributed by atoms with Gasteiger partial charge >= 0.3 is 0 Å². The molecule has 0 N–H and O–H groups in total. The van der Waals surface area contributed by atoms with E-state index in [4.69, 9.17) is 4.98 Å². The number of likely N-dealkylation sites (tertiary alicyclic amines) is 1. The molecule has 0 radical (unpaired) electrons. The van der Waals surface area contributed by atoms with Gasteiger partial charge in [-0.1, -0.05) is 53.0 Å². The highest BCUT2D eigenvalue weighted by Gasteiger charge is 2.18. The zero-order valence-electron chi connectivity index (χ0n) is 15.4. The lowest BCUT2D eigenvalue weighted by Gasteiger charge is -2.20. The summed E-state index contributed by atoms with van der Waals surface area (Å²) in [5, 5.41) is 0. The van der Waals surface area contributed by atoms with Crippen LogP contribution in [0, 0.1) is 0 Å². The maximum atomic E-state index is 12.8. The van der Waals surface area contributed by atoms with E-state index in [1.807, 2.05) is 35.2 Å². The average molecular weight is 426 g/mol. The quantitative estimate of drug-likeness (QED) is 0.571. The van der Waals surface area contributed by atoms with Gasteiger partial charge in [0.05, 0.1) is 11.0 Å². The van der Waals surface area contributed by atoms with Crippen molar-refractivity contribution in [2.75, 3.05) is 13.1 Å². The number of rotatable bonds is 4. The van der Waals surface area contributed by atoms with Crippen LogP contribution in [0.2, 0.25) is 0 Å². The lowest BCUT2D eigenvalue weighted by atomic mass is 10.2. The molecule has 4 rings (SSSR count). The Morgan fingerprint density at radius 2 is 1.67 bits per heavy atom. The number of fused-ring (bicyclic) bond motifs is 1. The van der Waals surface area contributed by atoms with Crippen molar-refractivity contribution in [2.45, 2.75) is 38.6 Å². The standard InChI is InChI=1S/C22H24BrN3O/c23-18-11-9-17(10-12-18)22-24-19-7-3-4-8-20(19)26(22)16-13-21(27)25-14-5-1-2-6-15-25/h3-4,7-12H,1-2,5-6,13-16H2. The minimum atomic E-state index is 0.261. The smallest absolute Gasteiger partial charge is 0.224 e. The molecule has 1 aliphatic rings.